The molecule has 2 aromatic carbocycles. The third-order valence-electron chi connectivity index (χ3n) is 5.01. The largest absolute Gasteiger partial charge is 0.394 e. The van der Waals surface area contributed by atoms with Gasteiger partial charge in [0.05, 0.1) is 25.2 Å². The zero-order valence-corrected chi connectivity index (χ0v) is 15.3. The number of benzene rings is 2. The smallest absolute Gasteiger partial charge is 0.322 e. The number of aliphatic hydroxyl groups is 1. The fraction of sp³-hybridized carbons (Fsp3) is 0.300. The average Bonchev–Trinajstić information content (AvgIpc) is 3.35. The van der Waals surface area contributed by atoms with E-state index in [1.54, 1.807) is 9.58 Å². The number of aliphatic hydroxyl groups excluding tert-OH is 1. The van der Waals surface area contributed by atoms with Crippen LogP contribution in [-0.4, -0.2) is 48.9 Å². The number of anilines is 1. The normalized spacial score (nSPS) is 19.0. The number of hydrogen-bond acceptors (Lipinski definition) is 5. The SMILES string of the molecule is O=C(Nc1ccccc1)N1[C@H](CO)CC[C@H]1c1nnnn1Cc1ccccc1. The van der Waals surface area contributed by atoms with Crippen molar-refractivity contribution >= 4 is 11.7 Å². The zero-order chi connectivity index (χ0) is 19.3. The molecule has 3 aromatic rings. The Morgan fingerprint density at radius 1 is 1.07 bits per heavy atom. The molecule has 2 heterocycles. The quantitative estimate of drug-likeness (QED) is 0.711. The number of tetrazole rings is 1. The second-order valence-electron chi connectivity index (χ2n) is 6.81. The van der Waals surface area contributed by atoms with Crippen LogP contribution in [0.15, 0.2) is 60.7 Å². The van der Waals surface area contributed by atoms with Crippen LogP contribution in [-0.2, 0) is 6.54 Å². The van der Waals surface area contributed by atoms with E-state index < -0.39 is 0 Å². The summed E-state index contributed by atoms with van der Waals surface area (Å²) in [4.78, 5) is 14.7. The number of urea groups is 1. The number of carbonyl (C=O) groups is 1. The minimum absolute atomic E-state index is 0.0983. The summed E-state index contributed by atoms with van der Waals surface area (Å²) in [6, 6.07) is 18.4. The van der Waals surface area contributed by atoms with E-state index in [2.05, 4.69) is 20.8 Å². The molecule has 1 aliphatic rings. The molecule has 8 nitrogen and oxygen atoms in total. The van der Waals surface area contributed by atoms with Crippen LogP contribution in [0.3, 0.4) is 0 Å². The number of nitrogens with zero attached hydrogens (tertiary/aromatic N) is 5. The fourth-order valence-electron chi connectivity index (χ4n) is 3.65. The summed E-state index contributed by atoms with van der Waals surface area (Å²) >= 11 is 0. The molecule has 1 fully saturated rings. The fourth-order valence-corrected chi connectivity index (χ4v) is 3.65. The van der Waals surface area contributed by atoms with E-state index in [-0.39, 0.29) is 24.7 Å². The molecule has 0 aliphatic carbocycles. The predicted molar refractivity (Wildman–Crippen MR) is 104 cm³/mol. The van der Waals surface area contributed by atoms with Gasteiger partial charge in [0.1, 0.15) is 0 Å². The van der Waals surface area contributed by atoms with Crippen LogP contribution in [0.2, 0.25) is 0 Å². The number of carbonyl (C=O) groups excluding carboxylic acids is 1. The lowest BCUT2D eigenvalue weighted by molar-refractivity contribution is 0.144. The van der Waals surface area contributed by atoms with Crippen molar-refractivity contribution in [1.29, 1.82) is 0 Å². The number of hydrogen-bond donors (Lipinski definition) is 2. The first-order valence-corrected chi connectivity index (χ1v) is 9.31. The van der Waals surface area contributed by atoms with Crippen LogP contribution in [0.5, 0.6) is 0 Å². The summed E-state index contributed by atoms with van der Waals surface area (Å²) in [5.74, 6) is 0.628. The van der Waals surface area contributed by atoms with E-state index in [9.17, 15) is 9.90 Å². The molecular formula is C20H22N6O2. The van der Waals surface area contributed by atoms with Crippen molar-refractivity contribution in [3.63, 3.8) is 0 Å². The van der Waals surface area contributed by atoms with Gasteiger partial charge in [0.15, 0.2) is 5.82 Å². The molecule has 1 aliphatic heterocycles. The van der Waals surface area contributed by atoms with Gasteiger partial charge in [0.2, 0.25) is 0 Å². The van der Waals surface area contributed by atoms with Gasteiger partial charge in [-0.25, -0.2) is 9.48 Å². The van der Waals surface area contributed by atoms with Crippen molar-refractivity contribution in [3.8, 4) is 0 Å². The van der Waals surface area contributed by atoms with E-state index >= 15 is 0 Å². The van der Waals surface area contributed by atoms with Gasteiger partial charge in [-0.3, -0.25) is 0 Å². The molecule has 8 heteroatoms. The third-order valence-corrected chi connectivity index (χ3v) is 5.01. The Kier molecular flexibility index (Phi) is 5.29. The van der Waals surface area contributed by atoms with Crippen molar-refractivity contribution in [3.05, 3.63) is 72.1 Å². The highest BCUT2D eigenvalue weighted by Gasteiger charge is 2.40. The van der Waals surface area contributed by atoms with Crippen LogP contribution in [0.4, 0.5) is 10.5 Å². The summed E-state index contributed by atoms with van der Waals surface area (Å²) in [6.45, 7) is 0.427. The summed E-state index contributed by atoms with van der Waals surface area (Å²) < 4.78 is 1.72. The first-order chi connectivity index (χ1) is 13.8. The maximum Gasteiger partial charge on any atom is 0.322 e. The van der Waals surface area contributed by atoms with Gasteiger partial charge in [-0.1, -0.05) is 48.5 Å². The van der Waals surface area contributed by atoms with E-state index in [1.807, 2.05) is 60.7 Å². The molecule has 2 N–H and O–H groups in total. The van der Waals surface area contributed by atoms with Crippen LogP contribution >= 0.6 is 0 Å². The van der Waals surface area contributed by atoms with E-state index in [1.165, 1.54) is 0 Å². The Bertz CT molecular complexity index is 915. The zero-order valence-electron chi connectivity index (χ0n) is 15.3. The maximum absolute atomic E-state index is 13.0. The minimum atomic E-state index is -0.292. The summed E-state index contributed by atoms with van der Waals surface area (Å²) in [6.07, 6.45) is 1.39. The topological polar surface area (TPSA) is 96.2 Å². The highest BCUT2D eigenvalue weighted by atomic mass is 16.3. The van der Waals surface area contributed by atoms with Gasteiger partial charge < -0.3 is 15.3 Å². The van der Waals surface area contributed by atoms with Crippen molar-refractivity contribution in [1.82, 2.24) is 25.1 Å². The van der Waals surface area contributed by atoms with Gasteiger partial charge >= 0.3 is 6.03 Å². The number of aromatic nitrogens is 4. The van der Waals surface area contributed by atoms with Gasteiger partial charge in [-0.15, -0.1) is 5.10 Å². The van der Waals surface area contributed by atoms with Crippen LogP contribution in [0, 0.1) is 0 Å². The van der Waals surface area contributed by atoms with Crippen LogP contribution < -0.4 is 5.32 Å². The second-order valence-corrected chi connectivity index (χ2v) is 6.81. The molecular weight excluding hydrogens is 356 g/mol. The van der Waals surface area contributed by atoms with Crippen LogP contribution in [0.25, 0.3) is 0 Å². The third kappa shape index (κ3) is 3.72. The van der Waals surface area contributed by atoms with Gasteiger partial charge in [-0.2, -0.15) is 0 Å². The number of amides is 2. The molecule has 2 atom stereocenters. The monoisotopic (exact) mass is 378 g/mol. The molecule has 144 valence electrons. The van der Waals surface area contributed by atoms with Crippen molar-refractivity contribution < 1.29 is 9.90 Å². The number of rotatable bonds is 5. The van der Waals surface area contributed by atoms with E-state index in [4.69, 9.17) is 0 Å². The van der Waals surface area contributed by atoms with Gasteiger partial charge in [0.25, 0.3) is 0 Å². The molecule has 0 saturated carbocycles. The second kappa shape index (κ2) is 8.18. The highest BCUT2D eigenvalue weighted by molar-refractivity contribution is 5.90. The maximum atomic E-state index is 13.0. The lowest BCUT2D eigenvalue weighted by atomic mass is 10.2. The highest BCUT2D eigenvalue weighted by Crippen LogP contribution is 2.35. The van der Waals surface area contributed by atoms with Crippen molar-refractivity contribution in [2.45, 2.75) is 31.5 Å². The Morgan fingerprint density at radius 2 is 1.79 bits per heavy atom. The molecule has 0 bridgehead atoms. The van der Waals surface area contributed by atoms with E-state index in [0.29, 0.717) is 30.9 Å². The molecule has 4 rings (SSSR count). The summed E-state index contributed by atoms with van der Waals surface area (Å²) in [5, 5.41) is 24.9. The van der Waals surface area contributed by atoms with Gasteiger partial charge in [-0.05, 0) is 41.0 Å². The number of nitrogens with one attached hydrogen (secondary N) is 1. The number of para-hydroxylation sites is 1. The molecule has 28 heavy (non-hydrogen) atoms. The lowest BCUT2D eigenvalue weighted by Crippen LogP contribution is -2.42. The Morgan fingerprint density at radius 3 is 2.50 bits per heavy atom. The molecule has 1 saturated heterocycles. The van der Waals surface area contributed by atoms with Crippen LogP contribution in [0.1, 0.15) is 30.3 Å². The lowest BCUT2D eigenvalue weighted by Gasteiger charge is -2.29. The van der Waals surface area contributed by atoms with E-state index in [0.717, 1.165) is 5.56 Å². The van der Waals surface area contributed by atoms with Crippen molar-refractivity contribution in [2.75, 3.05) is 11.9 Å². The standard InChI is InChI=1S/C20H22N6O2/c27-14-17-11-12-18(26(17)20(28)21-16-9-5-2-6-10-16)19-22-23-24-25(19)13-15-7-3-1-4-8-15/h1-10,17-18,27H,11-14H2,(H,21,28)/t17-,18-/m0/s1. The molecule has 0 radical (unpaired) electrons. The molecule has 1 aromatic heterocycles. The summed E-state index contributed by atoms with van der Waals surface area (Å²) in [7, 11) is 0. The molecule has 0 unspecified atom stereocenters. The molecule has 0 spiro atoms. The Hall–Kier alpha value is -3.26. The Labute approximate surface area is 162 Å². The average molecular weight is 378 g/mol. The first kappa shape index (κ1) is 18.1. The van der Waals surface area contributed by atoms with Crippen molar-refractivity contribution in [2.24, 2.45) is 0 Å². The number of likely N-dealkylation sites (tertiary alicyclic amines) is 1. The predicted octanol–water partition coefficient (Wildman–Crippen LogP) is 2.45. The Balaban J connectivity index is 1.58. The summed E-state index contributed by atoms with van der Waals surface area (Å²) in [5.41, 5.74) is 1.78. The minimum Gasteiger partial charge on any atom is -0.394 e. The van der Waals surface area contributed by atoms with Gasteiger partial charge in [0, 0.05) is 5.69 Å². The molecule has 2 amide bonds. The first-order valence-electron chi connectivity index (χ1n) is 9.31.